The van der Waals surface area contributed by atoms with Crippen LogP contribution >= 0.6 is 0 Å². The van der Waals surface area contributed by atoms with Gasteiger partial charge in [0.05, 0.1) is 0 Å². The fourth-order valence-electron chi connectivity index (χ4n) is 2.43. The van der Waals surface area contributed by atoms with Crippen LogP contribution in [0.5, 0.6) is 0 Å². The lowest BCUT2D eigenvalue weighted by molar-refractivity contribution is 0.0143. The molecule has 8 heteroatoms. The van der Waals surface area contributed by atoms with Crippen molar-refractivity contribution in [3.63, 3.8) is 0 Å². The molecule has 0 aromatic carbocycles. The number of piperazine rings is 1. The SMILES string of the molecule is C[C@H]1CN(C(=O)OC(C)(C)C)CCN1S(=O)(=O)c1cccnc1. The third-order valence-corrected chi connectivity index (χ3v) is 5.46. The minimum atomic E-state index is -3.60. The Labute approximate surface area is 137 Å². The number of ether oxygens (including phenoxy) is 1. The molecular weight excluding hydrogens is 318 g/mol. The third kappa shape index (κ3) is 4.20. The molecule has 7 nitrogen and oxygen atoms in total. The number of sulfonamides is 1. The number of pyridine rings is 1. The average Bonchev–Trinajstić information content (AvgIpc) is 2.46. The molecule has 1 aliphatic heterocycles. The van der Waals surface area contributed by atoms with E-state index in [-0.39, 0.29) is 17.5 Å². The van der Waals surface area contributed by atoms with E-state index in [0.29, 0.717) is 13.1 Å². The molecule has 0 radical (unpaired) electrons. The molecule has 23 heavy (non-hydrogen) atoms. The van der Waals surface area contributed by atoms with Gasteiger partial charge in [-0.2, -0.15) is 4.31 Å². The van der Waals surface area contributed by atoms with Gasteiger partial charge in [0.15, 0.2) is 0 Å². The molecule has 2 heterocycles. The molecule has 1 aromatic rings. The summed E-state index contributed by atoms with van der Waals surface area (Å²) in [4.78, 5) is 17.7. The number of aromatic nitrogens is 1. The van der Waals surface area contributed by atoms with E-state index in [4.69, 9.17) is 4.74 Å². The molecule has 1 aromatic heterocycles. The van der Waals surface area contributed by atoms with Gasteiger partial charge < -0.3 is 9.64 Å². The lowest BCUT2D eigenvalue weighted by Crippen LogP contribution is -2.56. The van der Waals surface area contributed by atoms with Crippen LogP contribution < -0.4 is 0 Å². The van der Waals surface area contributed by atoms with Gasteiger partial charge in [-0.1, -0.05) is 0 Å². The Morgan fingerprint density at radius 1 is 1.35 bits per heavy atom. The fourth-order valence-corrected chi connectivity index (χ4v) is 4.00. The van der Waals surface area contributed by atoms with Crippen LogP contribution in [0.4, 0.5) is 4.79 Å². The maximum absolute atomic E-state index is 12.7. The summed E-state index contributed by atoms with van der Waals surface area (Å²) in [6, 6.07) is 2.78. The van der Waals surface area contributed by atoms with Crippen LogP contribution in [-0.4, -0.2) is 60.0 Å². The molecule has 0 spiro atoms. The number of amides is 1. The molecule has 0 unspecified atom stereocenters. The van der Waals surface area contributed by atoms with E-state index in [1.807, 2.05) is 0 Å². The van der Waals surface area contributed by atoms with Crippen LogP contribution in [0.25, 0.3) is 0 Å². The maximum atomic E-state index is 12.7. The second-order valence-corrected chi connectivity index (χ2v) is 8.47. The van der Waals surface area contributed by atoms with Crippen molar-refractivity contribution in [2.45, 2.75) is 44.2 Å². The minimum absolute atomic E-state index is 0.164. The van der Waals surface area contributed by atoms with Crippen molar-refractivity contribution in [2.75, 3.05) is 19.6 Å². The van der Waals surface area contributed by atoms with Crippen LogP contribution in [0.3, 0.4) is 0 Å². The normalized spacial score (nSPS) is 20.3. The van der Waals surface area contributed by atoms with Gasteiger partial charge in [-0.05, 0) is 39.8 Å². The molecule has 128 valence electrons. The molecule has 0 N–H and O–H groups in total. The minimum Gasteiger partial charge on any atom is -0.444 e. The second kappa shape index (κ2) is 6.45. The van der Waals surface area contributed by atoms with E-state index in [1.165, 1.54) is 22.8 Å². The number of carbonyl (C=O) groups excluding carboxylic acids is 1. The number of carbonyl (C=O) groups is 1. The quantitative estimate of drug-likeness (QED) is 0.818. The highest BCUT2D eigenvalue weighted by atomic mass is 32.2. The molecular formula is C15H23N3O4S. The van der Waals surface area contributed by atoms with Crippen LogP contribution in [-0.2, 0) is 14.8 Å². The maximum Gasteiger partial charge on any atom is 0.410 e. The lowest BCUT2D eigenvalue weighted by atomic mass is 10.2. The van der Waals surface area contributed by atoms with E-state index >= 15 is 0 Å². The Morgan fingerprint density at radius 2 is 2.04 bits per heavy atom. The Balaban J connectivity index is 2.09. The number of hydrogen-bond donors (Lipinski definition) is 0. The summed E-state index contributed by atoms with van der Waals surface area (Å²) in [7, 11) is -3.60. The standard InChI is InChI=1S/C15H23N3O4S/c1-12-11-17(14(19)22-15(2,3)4)8-9-18(12)23(20,21)13-6-5-7-16-10-13/h5-7,10,12H,8-9,11H2,1-4H3/t12-/m0/s1. The van der Waals surface area contributed by atoms with Crippen LogP contribution in [0, 0.1) is 0 Å². The van der Waals surface area contributed by atoms with Crippen molar-refractivity contribution in [1.82, 2.24) is 14.2 Å². The van der Waals surface area contributed by atoms with Crippen molar-refractivity contribution < 1.29 is 17.9 Å². The summed E-state index contributed by atoms with van der Waals surface area (Å²) >= 11 is 0. The van der Waals surface area contributed by atoms with E-state index in [2.05, 4.69) is 4.98 Å². The first-order valence-corrected chi connectivity index (χ1v) is 8.95. The van der Waals surface area contributed by atoms with Crippen molar-refractivity contribution in [1.29, 1.82) is 0 Å². The number of rotatable bonds is 2. The van der Waals surface area contributed by atoms with Crippen molar-refractivity contribution in [3.05, 3.63) is 24.5 Å². The Bertz CT molecular complexity index is 655. The monoisotopic (exact) mass is 341 g/mol. The molecule has 1 atom stereocenters. The Hall–Kier alpha value is -1.67. The first-order chi connectivity index (χ1) is 10.6. The largest absolute Gasteiger partial charge is 0.444 e. The predicted molar refractivity (Wildman–Crippen MR) is 85.4 cm³/mol. The molecule has 1 aliphatic rings. The summed E-state index contributed by atoms with van der Waals surface area (Å²) in [6.45, 7) is 8.03. The second-order valence-electron chi connectivity index (χ2n) is 6.58. The zero-order chi connectivity index (χ0) is 17.3. The van der Waals surface area contributed by atoms with Crippen LogP contribution in [0.2, 0.25) is 0 Å². The van der Waals surface area contributed by atoms with Gasteiger partial charge >= 0.3 is 6.09 Å². The van der Waals surface area contributed by atoms with Gasteiger partial charge in [0.2, 0.25) is 10.0 Å². The highest BCUT2D eigenvalue weighted by Crippen LogP contribution is 2.21. The zero-order valence-corrected chi connectivity index (χ0v) is 14.7. The van der Waals surface area contributed by atoms with Gasteiger partial charge in [-0.25, -0.2) is 13.2 Å². The first-order valence-electron chi connectivity index (χ1n) is 7.51. The topological polar surface area (TPSA) is 79.8 Å². The van der Waals surface area contributed by atoms with Gasteiger partial charge in [0, 0.05) is 38.1 Å². The summed E-state index contributed by atoms with van der Waals surface area (Å²) in [5.74, 6) is 0. The Morgan fingerprint density at radius 3 is 2.57 bits per heavy atom. The van der Waals surface area contributed by atoms with E-state index in [9.17, 15) is 13.2 Å². The highest BCUT2D eigenvalue weighted by molar-refractivity contribution is 7.89. The zero-order valence-electron chi connectivity index (χ0n) is 13.9. The van der Waals surface area contributed by atoms with E-state index < -0.39 is 21.7 Å². The fraction of sp³-hybridized carbons (Fsp3) is 0.600. The molecule has 0 bridgehead atoms. The molecule has 0 saturated carbocycles. The number of hydrogen-bond acceptors (Lipinski definition) is 5. The van der Waals surface area contributed by atoms with E-state index in [0.717, 1.165) is 0 Å². The van der Waals surface area contributed by atoms with Crippen LogP contribution in [0.1, 0.15) is 27.7 Å². The average molecular weight is 341 g/mol. The first kappa shape index (κ1) is 17.7. The lowest BCUT2D eigenvalue weighted by Gasteiger charge is -2.39. The van der Waals surface area contributed by atoms with Crippen LogP contribution in [0.15, 0.2) is 29.4 Å². The van der Waals surface area contributed by atoms with Crippen molar-refractivity contribution in [2.24, 2.45) is 0 Å². The highest BCUT2D eigenvalue weighted by Gasteiger charge is 2.36. The molecule has 1 saturated heterocycles. The van der Waals surface area contributed by atoms with Crippen molar-refractivity contribution in [3.8, 4) is 0 Å². The summed E-state index contributed by atoms with van der Waals surface area (Å²) < 4.78 is 32.1. The summed E-state index contributed by atoms with van der Waals surface area (Å²) in [5, 5.41) is 0. The third-order valence-electron chi connectivity index (χ3n) is 3.46. The van der Waals surface area contributed by atoms with E-state index in [1.54, 1.807) is 38.7 Å². The molecule has 1 amide bonds. The van der Waals surface area contributed by atoms with Crippen molar-refractivity contribution >= 4 is 16.1 Å². The smallest absolute Gasteiger partial charge is 0.410 e. The van der Waals surface area contributed by atoms with Gasteiger partial charge in [-0.15, -0.1) is 0 Å². The number of nitrogens with zero attached hydrogens (tertiary/aromatic N) is 3. The van der Waals surface area contributed by atoms with Gasteiger partial charge in [0.25, 0.3) is 0 Å². The van der Waals surface area contributed by atoms with Gasteiger partial charge in [-0.3, -0.25) is 4.98 Å². The summed E-state index contributed by atoms with van der Waals surface area (Å²) in [6.07, 6.45) is 2.45. The molecule has 0 aliphatic carbocycles. The van der Waals surface area contributed by atoms with Gasteiger partial charge in [0.1, 0.15) is 10.5 Å². The molecule has 2 rings (SSSR count). The predicted octanol–water partition coefficient (Wildman–Crippen LogP) is 1.71. The molecule has 1 fully saturated rings. The Kier molecular flexibility index (Phi) is 4.95. The summed E-state index contributed by atoms with van der Waals surface area (Å²) in [5.41, 5.74) is -0.570.